The summed E-state index contributed by atoms with van der Waals surface area (Å²) in [6.07, 6.45) is 0. The van der Waals surface area contributed by atoms with E-state index < -0.39 is 0 Å². The number of fused-ring (bicyclic) bond motifs is 1. The summed E-state index contributed by atoms with van der Waals surface area (Å²) < 4.78 is 16.5. The number of aromatic nitrogens is 2. The van der Waals surface area contributed by atoms with Crippen molar-refractivity contribution in [3.63, 3.8) is 0 Å². The fourth-order valence-electron chi connectivity index (χ4n) is 4.77. The minimum Gasteiger partial charge on any atom is -0.493 e. The SMILES string of the molecule is COc1cc2nc(Nc3ccc(N4CCOCC4)cc3)nc(NCCN(C(C)C)C(C)C)c2cc1OC. The predicted octanol–water partition coefficient (Wildman–Crippen LogP) is 4.76. The molecule has 4 rings (SSSR count). The summed E-state index contributed by atoms with van der Waals surface area (Å²) in [5, 5.41) is 7.81. The zero-order valence-corrected chi connectivity index (χ0v) is 22.9. The first-order valence-electron chi connectivity index (χ1n) is 13.0. The van der Waals surface area contributed by atoms with E-state index in [9.17, 15) is 0 Å². The number of benzene rings is 2. The molecule has 2 N–H and O–H groups in total. The summed E-state index contributed by atoms with van der Waals surface area (Å²) in [5.74, 6) is 2.55. The van der Waals surface area contributed by atoms with Gasteiger partial charge >= 0.3 is 0 Å². The van der Waals surface area contributed by atoms with E-state index in [1.54, 1.807) is 14.2 Å². The highest BCUT2D eigenvalue weighted by Gasteiger charge is 2.16. The molecule has 2 aromatic carbocycles. The van der Waals surface area contributed by atoms with Crippen molar-refractivity contribution in [1.29, 1.82) is 0 Å². The average molecular weight is 509 g/mol. The molecule has 1 saturated heterocycles. The van der Waals surface area contributed by atoms with Gasteiger partial charge in [0.15, 0.2) is 11.5 Å². The Morgan fingerprint density at radius 2 is 1.59 bits per heavy atom. The number of rotatable bonds is 11. The van der Waals surface area contributed by atoms with Crippen molar-refractivity contribution in [2.24, 2.45) is 0 Å². The molecule has 0 saturated carbocycles. The molecule has 3 aromatic rings. The van der Waals surface area contributed by atoms with Gasteiger partial charge in [0.2, 0.25) is 5.95 Å². The van der Waals surface area contributed by atoms with Crippen LogP contribution in [0.1, 0.15) is 27.7 Å². The molecule has 9 nitrogen and oxygen atoms in total. The van der Waals surface area contributed by atoms with Crippen LogP contribution >= 0.6 is 0 Å². The van der Waals surface area contributed by atoms with E-state index >= 15 is 0 Å². The Morgan fingerprint density at radius 3 is 2.22 bits per heavy atom. The van der Waals surface area contributed by atoms with Gasteiger partial charge in [-0.1, -0.05) is 0 Å². The zero-order chi connectivity index (χ0) is 26.4. The van der Waals surface area contributed by atoms with Crippen molar-refractivity contribution in [2.45, 2.75) is 39.8 Å². The van der Waals surface area contributed by atoms with Crippen molar-refractivity contribution in [3.05, 3.63) is 36.4 Å². The first-order chi connectivity index (χ1) is 17.9. The first-order valence-corrected chi connectivity index (χ1v) is 13.0. The summed E-state index contributed by atoms with van der Waals surface area (Å²) in [4.78, 5) is 14.4. The molecule has 0 bridgehead atoms. The van der Waals surface area contributed by atoms with Gasteiger partial charge in [-0.3, -0.25) is 4.90 Å². The Morgan fingerprint density at radius 1 is 0.946 bits per heavy atom. The van der Waals surface area contributed by atoms with Gasteiger partial charge in [-0.25, -0.2) is 4.98 Å². The van der Waals surface area contributed by atoms with E-state index in [2.05, 4.69) is 72.4 Å². The molecule has 0 atom stereocenters. The van der Waals surface area contributed by atoms with Gasteiger partial charge in [0.1, 0.15) is 5.82 Å². The smallest absolute Gasteiger partial charge is 0.229 e. The third-order valence-electron chi connectivity index (χ3n) is 6.69. The number of hydrogen-bond donors (Lipinski definition) is 2. The van der Waals surface area contributed by atoms with Crippen molar-refractivity contribution in [1.82, 2.24) is 14.9 Å². The Kier molecular flexibility index (Phi) is 8.89. The van der Waals surface area contributed by atoms with Crippen LogP contribution in [0.25, 0.3) is 10.9 Å². The second-order valence-corrected chi connectivity index (χ2v) is 9.74. The Bertz CT molecular complexity index is 1150. The lowest BCUT2D eigenvalue weighted by molar-refractivity contribution is 0.122. The van der Waals surface area contributed by atoms with E-state index in [0.29, 0.717) is 29.5 Å². The Hall–Kier alpha value is -3.30. The molecule has 1 aromatic heterocycles. The van der Waals surface area contributed by atoms with Crippen LogP contribution in [0.15, 0.2) is 36.4 Å². The third kappa shape index (κ3) is 6.53. The van der Waals surface area contributed by atoms with Crippen molar-refractivity contribution < 1.29 is 14.2 Å². The molecular formula is C28H40N6O3. The Balaban J connectivity index is 1.60. The zero-order valence-electron chi connectivity index (χ0n) is 22.9. The van der Waals surface area contributed by atoms with Gasteiger partial charge in [-0.15, -0.1) is 0 Å². The number of nitrogens with zero attached hydrogens (tertiary/aromatic N) is 4. The molecule has 1 fully saturated rings. The number of hydrogen-bond acceptors (Lipinski definition) is 9. The van der Waals surface area contributed by atoms with Gasteiger partial charge in [-0.2, -0.15) is 4.98 Å². The highest BCUT2D eigenvalue weighted by atomic mass is 16.5. The van der Waals surface area contributed by atoms with Crippen LogP contribution < -0.4 is 25.0 Å². The quantitative estimate of drug-likeness (QED) is 0.381. The second kappa shape index (κ2) is 12.3. The normalized spacial score (nSPS) is 14.0. The molecule has 1 aliphatic heterocycles. The topological polar surface area (TPSA) is 84.0 Å². The molecule has 0 aliphatic carbocycles. The van der Waals surface area contributed by atoms with Crippen LogP contribution in [0.4, 0.5) is 23.1 Å². The molecule has 2 heterocycles. The monoisotopic (exact) mass is 508 g/mol. The average Bonchev–Trinajstić information content (AvgIpc) is 2.90. The van der Waals surface area contributed by atoms with Crippen molar-refractivity contribution in [2.75, 3.05) is 69.1 Å². The highest BCUT2D eigenvalue weighted by molar-refractivity contribution is 5.93. The van der Waals surface area contributed by atoms with Gasteiger partial charge < -0.3 is 29.7 Å². The molecule has 1 aliphatic rings. The van der Waals surface area contributed by atoms with Crippen LogP contribution in [-0.4, -0.2) is 80.6 Å². The van der Waals surface area contributed by atoms with Crippen LogP contribution in [0.5, 0.6) is 11.5 Å². The number of ether oxygens (including phenoxy) is 3. The fraction of sp³-hybridized carbons (Fsp3) is 0.500. The van der Waals surface area contributed by atoms with E-state index in [1.807, 2.05) is 12.1 Å². The van der Waals surface area contributed by atoms with Crippen LogP contribution in [-0.2, 0) is 4.74 Å². The van der Waals surface area contributed by atoms with Crippen LogP contribution in [0.3, 0.4) is 0 Å². The summed E-state index contributed by atoms with van der Waals surface area (Å²) in [5.41, 5.74) is 2.88. The van der Waals surface area contributed by atoms with Gasteiger partial charge in [0.05, 0.1) is 33.0 Å². The molecule has 37 heavy (non-hydrogen) atoms. The summed E-state index contributed by atoms with van der Waals surface area (Å²) in [7, 11) is 3.27. The standard InChI is InChI=1S/C28H40N6O3/c1-19(2)34(20(3)4)12-11-29-27-23-17-25(35-5)26(36-6)18-24(23)31-28(32-27)30-21-7-9-22(10-8-21)33-13-15-37-16-14-33/h7-10,17-20H,11-16H2,1-6H3,(H2,29,30,31,32). The number of nitrogens with one attached hydrogen (secondary N) is 2. The lowest BCUT2D eigenvalue weighted by atomic mass is 10.2. The van der Waals surface area contributed by atoms with Crippen molar-refractivity contribution in [3.8, 4) is 11.5 Å². The van der Waals surface area contributed by atoms with Gasteiger partial charge in [0.25, 0.3) is 0 Å². The van der Waals surface area contributed by atoms with Crippen LogP contribution in [0, 0.1) is 0 Å². The maximum atomic E-state index is 5.55. The number of morpholine rings is 1. The highest BCUT2D eigenvalue weighted by Crippen LogP contribution is 2.35. The van der Waals surface area contributed by atoms with E-state index in [1.165, 1.54) is 5.69 Å². The summed E-state index contributed by atoms with van der Waals surface area (Å²) in [6.45, 7) is 13.9. The lowest BCUT2D eigenvalue weighted by Gasteiger charge is -2.30. The second-order valence-electron chi connectivity index (χ2n) is 9.74. The molecule has 0 radical (unpaired) electrons. The number of anilines is 4. The lowest BCUT2D eigenvalue weighted by Crippen LogP contribution is -2.40. The largest absolute Gasteiger partial charge is 0.493 e. The summed E-state index contributed by atoms with van der Waals surface area (Å²) in [6, 6.07) is 13.1. The maximum Gasteiger partial charge on any atom is 0.229 e. The molecule has 200 valence electrons. The minimum absolute atomic E-state index is 0.464. The number of methoxy groups -OCH3 is 2. The van der Waals surface area contributed by atoms with Gasteiger partial charge in [0, 0.05) is 61.1 Å². The third-order valence-corrected chi connectivity index (χ3v) is 6.69. The van der Waals surface area contributed by atoms with E-state index in [0.717, 1.165) is 61.8 Å². The molecule has 9 heteroatoms. The van der Waals surface area contributed by atoms with Gasteiger partial charge in [-0.05, 0) is 58.0 Å². The van der Waals surface area contributed by atoms with E-state index in [4.69, 9.17) is 24.2 Å². The van der Waals surface area contributed by atoms with Crippen LogP contribution in [0.2, 0.25) is 0 Å². The summed E-state index contributed by atoms with van der Waals surface area (Å²) >= 11 is 0. The first kappa shape index (κ1) is 26.8. The molecule has 0 spiro atoms. The predicted molar refractivity (Wildman–Crippen MR) is 151 cm³/mol. The minimum atomic E-state index is 0.464. The fourth-order valence-corrected chi connectivity index (χ4v) is 4.77. The molecular weight excluding hydrogens is 468 g/mol. The van der Waals surface area contributed by atoms with Crippen molar-refractivity contribution >= 4 is 34.0 Å². The maximum absolute atomic E-state index is 5.55. The Labute approximate surface area is 220 Å². The van der Waals surface area contributed by atoms with E-state index in [-0.39, 0.29) is 0 Å². The molecule has 0 unspecified atom stereocenters. The molecule has 0 amide bonds.